The molecule has 2 N–H and O–H groups in total. The van der Waals surface area contributed by atoms with Gasteiger partial charge in [-0.3, -0.25) is 0 Å². The van der Waals surface area contributed by atoms with Gasteiger partial charge in [0.2, 0.25) is 0 Å². The number of aryl methyl sites for hydroxylation is 1. The molecule has 4 nitrogen and oxygen atoms in total. The number of hydrogen-bond acceptors (Lipinski definition) is 3. The number of benzene rings is 1. The summed E-state index contributed by atoms with van der Waals surface area (Å²) in [5, 5.41) is 1.03. The van der Waals surface area contributed by atoms with E-state index in [-0.39, 0.29) is 0 Å². The molecule has 1 aromatic heterocycles. The molecule has 0 bridgehead atoms. The summed E-state index contributed by atoms with van der Waals surface area (Å²) in [6.45, 7) is 4.21. The van der Waals surface area contributed by atoms with Gasteiger partial charge in [0.05, 0.1) is 11.2 Å². The monoisotopic (exact) mass is 218 g/mol. The first kappa shape index (κ1) is 9.39. The van der Waals surface area contributed by atoms with E-state index < -0.39 is 0 Å². The summed E-state index contributed by atoms with van der Waals surface area (Å²) in [4.78, 5) is 0. The molecule has 3 rings (SSSR count). The first-order valence-electron chi connectivity index (χ1n) is 5.47. The first-order chi connectivity index (χ1) is 7.79. The van der Waals surface area contributed by atoms with Gasteiger partial charge in [0.15, 0.2) is 11.5 Å². The van der Waals surface area contributed by atoms with Crippen LogP contribution in [0.3, 0.4) is 0 Å². The Balaban J connectivity index is 2.28. The summed E-state index contributed by atoms with van der Waals surface area (Å²) in [6, 6.07) is 3.97. The molecule has 2 aromatic rings. The van der Waals surface area contributed by atoms with Crippen LogP contribution >= 0.6 is 0 Å². The minimum atomic E-state index is 0.604. The Bertz CT molecular complexity index is 545. The molecule has 0 fully saturated rings. The normalized spacial score (nSPS) is 14.3. The number of ether oxygens (including phenoxy) is 2. The van der Waals surface area contributed by atoms with Gasteiger partial charge >= 0.3 is 0 Å². The quantitative estimate of drug-likeness (QED) is 0.796. The molecule has 4 heteroatoms. The van der Waals surface area contributed by atoms with Crippen molar-refractivity contribution in [1.82, 2.24) is 4.57 Å². The summed E-state index contributed by atoms with van der Waals surface area (Å²) >= 11 is 0. The lowest BCUT2D eigenvalue weighted by atomic mass is 10.2. The number of fused-ring (bicyclic) bond motifs is 2. The number of anilines is 1. The van der Waals surface area contributed by atoms with Crippen molar-refractivity contribution in [3.05, 3.63) is 18.3 Å². The highest BCUT2D eigenvalue weighted by Crippen LogP contribution is 2.37. The molecule has 1 aromatic carbocycles. The number of nitrogens with two attached hydrogens (primary N) is 1. The van der Waals surface area contributed by atoms with Crippen molar-refractivity contribution in [2.45, 2.75) is 13.5 Å². The molecule has 0 saturated carbocycles. The molecule has 1 aliphatic rings. The maximum Gasteiger partial charge on any atom is 0.163 e. The zero-order chi connectivity index (χ0) is 11.1. The highest BCUT2D eigenvalue weighted by atomic mass is 16.6. The largest absolute Gasteiger partial charge is 0.486 e. The van der Waals surface area contributed by atoms with Crippen molar-refractivity contribution in [3.63, 3.8) is 0 Å². The van der Waals surface area contributed by atoms with Crippen LogP contribution in [0.15, 0.2) is 18.3 Å². The van der Waals surface area contributed by atoms with Gasteiger partial charge in [-0.05, 0) is 13.0 Å². The fraction of sp³-hybridized carbons (Fsp3) is 0.333. The van der Waals surface area contributed by atoms with E-state index in [1.807, 2.05) is 18.3 Å². The van der Waals surface area contributed by atoms with Crippen molar-refractivity contribution >= 4 is 16.6 Å². The summed E-state index contributed by atoms with van der Waals surface area (Å²) < 4.78 is 13.2. The molecule has 2 heterocycles. The summed E-state index contributed by atoms with van der Waals surface area (Å²) in [6.07, 6.45) is 1.95. The zero-order valence-electron chi connectivity index (χ0n) is 9.19. The maximum absolute atomic E-state index is 5.97. The van der Waals surface area contributed by atoms with Crippen LogP contribution in [0.1, 0.15) is 6.92 Å². The number of aromatic nitrogens is 1. The molecular formula is C12H14N2O2. The lowest BCUT2D eigenvalue weighted by Gasteiger charge is -2.18. The average molecular weight is 218 g/mol. The zero-order valence-corrected chi connectivity index (χ0v) is 9.19. The lowest BCUT2D eigenvalue weighted by Crippen LogP contribution is -2.15. The fourth-order valence-electron chi connectivity index (χ4n) is 2.12. The molecule has 0 amide bonds. The van der Waals surface area contributed by atoms with E-state index in [1.165, 1.54) is 0 Å². The van der Waals surface area contributed by atoms with Gasteiger partial charge in [0, 0.05) is 24.2 Å². The third-order valence-electron chi connectivity index (χ3n) is 2.92. The third kappa shape index (κ3) is 1.23. The smallest absolute Gasteiger partial charge is 0.163 e. The molecule has 0 radical (unpaired) electrons. The number of hydrogen-bond donors (Lipinski definition) is 1. The predicted molar refractivity (Wildman–Crippen MR) is 63.0 cm³/mol. The van der Waals surface area contributed by atoms with E-state index in [4.69, 9.17) is 15.2 Å². The Hall–Kier alpha value is -1.84. The number of nitrogen functional groups attached to an aromatic ring is 1. The minimum absolute atomic E-state index is 0.604. The second-order valence-corrected chi connectivity index (χ2v) is 3.88. The van der Waals surface area contributed by atoms with E-state index in [9.17, 15) is 0 Å². The van der Waals surface area contributed by atoms with Crippen molar-refractivity contribution in [3.8, 4) is 11.5 Å². The van der Waals surface area contributed by atoms with Gasteiger partial charge < -0.3 is 19.8 Å². The van der Waals surface area contributed by atoms with Gasteiger partial charge in [-0.2, -0.15) is 0 Å². The number of nitrogens with zero attached hydrogens (tertiary/aromatic N) is 1. The van der Waals surface area contributed by atoms with Crippen LogP contribution in [0.4, 0.5) is 5.69 Å². The van der Waals surface area contributed by atoms with Crippen molar-refractivity contribution in [2.24, 2.45) is 0 Å². The molecule has 0 aliphatic carbocycles. The second kappa shape index (κ2) is 3.33. The van der Waals surface area contributed by atoms with Gasteiger partial charge in [-0.15, -0.1) is 0 Å². The second-order valence-electron chi connectivity index (χ2n) is 3.88. The molecule has 16 heavy (non-hydrogen) atoms. The van der Waals surface area contributed by atoms with Crippen LogP contribution < -0.4 is 15.2 Å². The van der Waals surface area contributed by atoms with E-state index in [2.05, 4.69) is 11.5 Å². The van der Waals surface area contributed by atoms with Crippen molar-refractivity contribution in [1.29, 1.82) is 0 Å². The topological polar surface area (TPSA) is 49.4 Å². The molecule has 0 spiro atoms. The van der Waals surface area contributed by atoms with Gasteiger partial charge in [0.1, 0.15) is 13.2 Å². The highest BCUT2D eigenvalue weighted by molar-refractivity contribution is 5.94. The molecular weight excluding hydrogens is 204 g/mol. The minimum Gasteiger partial charge on any atom is -0.486 e. The van der Waals surface area contributed by atoms with E-state index in [0.717, 1.165) is 34.6 Å². The average Bonchev–Trinajstić information content (AvgIpc) is 2.63. The Morgan fingerprint density at radius 1 is 1.25 bits per heavy atom. The SMILES string of the molecule is CCn1cc(N)c2cc3c(cc21)OCCO3. The highest BCUT2D eigenvalue weighted by Gasteiger charge is 2.15. The van der Waals surface area contributed by atoms with Gasteiger partial charge in [0.25, 0.3) is 0 Å². The summed E-state index contributed by atoms with van der Waals surface area (Å²) in [5.74, 6) is 1.60. The van der Waals surface area contributed by atoms with Crippen LogP contribution in [-0.2, 0) is 6.54 Å². The molecule has 0 atom stereocenters. The molecule has 0 saturated heterocycles. The van der Waals surface area contributed by atoms with Crippen LogP contribution in [0.2, 0.25) is 0 Å². The lowest BCUT2D eigenvalue weighted by molar-refractivity contribution is 0.172. The van der Waals surface area contributed by atoms with Crippen molar-refractivity contribution < 1.29 is 9.47 Å². The Morgan fingerprint density at radius 2 is 1.94 bits per heavy atom. The Kier molecular flexibility index (Phi) is 1.96. The Morgan fingerprint density at radius 3 is 2.62 bits per heavy atom. The predicted octanol–water partition coefficient (Wildman–Crippen LogP) is 2.01. The molecule has 0 unspecified atom stereocenters. The summed E-state index contributed by atoms with van der Waals surface area (Å²) in [5.41, 5.74) is 7.86. The maximum atomic E-state index is 5.97. The van der Waals surface area contributed by atoms with Crippen LogP contribution in [0.5, 0.6) is 11.5 Å². The number of rotatable bonds is 1. The summed E-state index contributed by atoms with van der Waals surface area (Å²) in [7, 11) is 0. The molecule has 84 valence electrons. The van der Waals surface area contributed by atoms with Crippen LogP contribution in [-0.4, -0.2) is 17.8 Å². The van der Waals surface area contributed by atoms with Gasteiger partial charge in [-0.1, -0.05) is 0 Å². The van der Waals surface area contributed by atoms with E-state index in [1.54, 1.807) is 0 Å². The van der Waals surface area contributed by atoms with E-state index >= 15 is 0 Å². The van der Waals surface area contributed by atoms with Crippen LogP contribution in [0.25, 0.3) is 10.9 Å². The third-order valence-corrected chi connectivity index (χ3v) is 2.92. The fourth-order valence-corrected chi connectivity index (χ4v) is 2.12. The van der Waals surface area contributed by atoms with Crippen LogP contribution in [0, 0.1) is 0 Å². The first-order valence-corrected chi connectivity index (χ1v) is 5.47. The Labute approximate surface area is 93.6 Å². The standard InChI is InChI=1S/C12H14N2O2/c1-2-14-7-9(13)8-5-11-12(6-10(8)14)16-4-3-15-11/h5-7H,2-4,13H2,1H3. The van der Waals surface area contributed by atoms with E-state index in [0.29, 0.717) is 13.2 Å². The van der Waals surface area contributed by atoms with Crippen molar-refractivity contribution in [2.75, 3.05) is 18.9 Å². The molecule has 1 aliphatic heterocycles. The van der Waals surface area contributed by atoms with Gasteiger partial charge in [-0.25, -0.2) is 0 Å².